The smallest absolute Gasteiger partial charge is 0.246 e. The molecule has 7 heteroatoms. The number of carbonyl (C=O) groups excluding carboxylic acids is 1. The Bertz CT molecular complexity index is 834. The first-order chi connectivity index (χ1) is 11.6. The van der Waals surface area contributed by atoms with E-state index < -0.39 is 0 Å². The van der Waals surface area contributed by atoms with Gasteiger partial charge in [-0.1, -0.05) is 58.4 Å². The van der Waals surface area contributed by atoms with Crippen LogP contribution in [0.15, 0.2) is 59.1 Å². The first-order valence-corrected chi connectivity index (χ1v) is 8.23. The fourth-order valence-corrected chi connectivity index (χ4v) is 2.71. The fraction of sp³-hybridized carbons (Fsp3) is 0.176. The van der Waals surface area contributed by atoms with Crippen LogP contribution in [0, 0.1) is 0 Å². The zero-order valence-corrected chi connectivity index (χ0v) is 14.7. The van der Waals surface area contributed by atoms with Gasteiger partial charge in [0.15, 0.2) is 0 Å². The van der Waals surface area contributed by atoms with Gasteiger partial charge in [-0.15, -0.1) is 10.2 Å². The van der Waals surface area contributed by atoms with Gasteiger partial charge >= 0.3 is 0 Å². The Morgan fingerprint density at radius 1 is 1.12 bits per heavy atom. The number of aromatic nitrogens is 4. The van der Waals surface area contributed by atoms with Crippen molar-refractivity contribution in [2.45, 2.75) is 13.1 Å². The van der Waals surface area contributed by atoms with Crippen molar-refractivity contribution in [1.82, 2.24) is 25.1 Å². The lowest BCUT2D eigenvalue weighted by Crippen LogP contribution is -2.30. The molecule has 1 aromatic heterocycles. The standard InChI is InChI=1S/C17H16BrN5O/c1-22(11-13-7-3-2-4-8-13)16(24)12-23-20-17(19-21-23)14-9-5-6-10-15(14)18/h2-10H,11-12H2,1H3. The third kappa shape index (κ3) is 3.86. The Labute approximate surface area is 148 Å². The van der Waals surface area contributed by atoms with Crippen LogP contribution in [0.2, 0.25) is 0 Å². The number of tetrazole rings is 1. The summed E-state index contributed by atoms with van der Waals surface area (Å²) in [5.74, 6) is 0.413. The lowest BCUT2D eigenvalue weighted by Gasteiger charge is -2.16. The van der Waals surface area contributed by atoms with Gasteiger partial charge in [-0.05, 0) is 22.9 Å². The maximum absolute atomic E-state index is 12.3. The summed E-state index contributed by atoms with van der Waals surface area (Å²) < 4.78 is 0.886. The molecule has 0 bridgehead atoms. The lowest BCUT2D eigenvalue weighted by atomic mass is 10.2. The van der Waals surface area contributed by atoms with E-state index in [1.807, 2.05) is 54.6 Å². The Morgan fingerprint density at radius 3 is 2.58 bits per heavy atom. The van der Waals surface area contributed by atoms with E-state index in [9.17, 15) is 4.79 Å². The molecule has 1 heterocycles. The van der Waals surface area contributed by atoms with Gasteiger partial charge < -0.3 is 4.90 Å². The van der Waals surface area contributed by atoms with E-state index in [-0.39, 0.29) is 12.5 Å². The number of likely N-dealkylation sites (N-methyl/N-ethyl adjacent to an activating group) is 1. The highest BCUT2D eigenvalue weighted by atomic mass is 79.9. The van der Waals surface area contributed by atoms with Crippen molar-refractivity contribution in [2.75, 3.05) is 7.05 Å². The molecule has 0 radical (unpaired) electrons. The average Bonchev–Trinajstić information content (AvgIpc) is 3.04. The number of rotatable bonds is 5. The van der Waals surface area contributed by atoms with Crippen molar-refractivity contribution in [2.24, 2.45) is 0 Å². The molecule has 1 amide bonds. The number of carbonyl (C=O) groups is 1. The summed E-state index contributed by atoms with van der Waals surface area (Å²) in [5.41, 5.74) is 1.92. The van der Waals surface area contributed by atoms with Crippen LogP contribution < -0.4 is 0 Å². The van der Waals surface area contributed by atoms with E-state index in [0.717, 1.165) is 15.6 Å². The van der Waals surface area contributed by atoms with Gasteiger partial charge in [-0.3, -0.25) is 4.79 Å². The maximum Gasteiger partial charge on any atom is 0.246 e. The minimum Gasteiger partial charge on any atom is -0.340 e. The Balaban J connectivity index is 1.66. The topological polar surface area (TPSA) is 63.9 Å². The molecule has 122 valence electrons. The maximum atomic E-state index is 12.3. The van der Waals surface area contributed by atoms with Crippen molar-refractivity contribution in [3.8, 4) is 11.4 Å². The molecule has 3 rings (SSSR count). The number of hydrogen-bond acceptors (Lipinski definition) is 4. The third-order valence-electron chi connectivity index (χ3n) is 3.53. The summed E-state index contributed by atoms with van der Waals surface area (Å²) in [6.07, 6.45) is 0. The van der Waals surface area contributed by atoms with Gasteiger partial charge in [0.05, 0.1) is 0 Å². The SMILES string of the molecule is CN(Cc1ccccc1)C(=O)Cn1nnc(-c2ccccc2Br)n1. The summed E-state index contributed by atoms with van der Waals surface area (Å²) in [7, 11) is 1.76. The van der Waals surface area contributed by atoms with Crippen LogP contribution in [0.5, 0.6) is 0 Å². The van der Waals surface area contributed by atoms with E-state index in [4.69, 9.17) is 0 Å². The predicted molar refractivity (Wildman–Crippen MR) is 93.9 cm³/mol. The monoisotopic (exact) mass is 385 g/mol. The molecular formula is C17H16BrN5O. The molecule has 0 aliphatic carbocycles. The molecule has 2 aromatic carbocycles. The van der Waals surface area contributed by atoms with Gasteiger partial charge in [-0.25, -0.2) is 0 Å². The highest BCUT2D eigenvalue weighted by Gasteiger charge is 2.14. The van der Waals surface area contributed by atoms with Crippen LogP contribution in [-0.4, -0.2) is 38.1 Å². The normalized spacial score (nSPS) is 10.6. The largest absolute Gasteiger partial charge is 0.340 e. The van der Waals surface area contributed by atoms with Crippen molar-refractivity contribution < 1.29 is 4.79 Å². The van der Waals surface area contributed by atoms with Gasteiger partial charge in [0.2, 0.25) is 11.7 Å². The highest BCUT2D eigenvalue weighted by Crippen LogP contribution is 2.24. The Kier molecular flexibility index (Phi) is 5.00. The molecule has 0 aliphatic rings. The number of benzene rings is 2. The van der Waals surface area contributed by atoms with Crippen LogP contribution in [0.3, 0.4) is 0 Å². The lowest BCUT2D eigenvalue weighted by molar-refractivity contribution is -0.131. The molecule has 0 fully saturated rings. The van der Waals surface area contributed by atoms with Crippen LogP contribution in [0.1, 0.15) is 5.56 Å². The third-order valence-corrected chi connectivity index (χ3v) is 4.22. The summed E-state index contributed by atoms with van der Waals surface area (Å²) in [6.45, 7) is 0.603. The summed E-state index contributed by atoms with van der Waals surface area (Å²) in [5, 5.41) is 12.3. The average molecular weight is 386 g/mol. The molecule has 0 aliphatic heterocycles. The van der Waals surface area contributed by atoms with Crippen LogP contribution >= 0.6 is 15.9 Å². The highest BCUT2D eigenvalue weighted by molar-refractivity contribution is 9.10. The fourth-order valence-electron chi connectivity index (χ4n) is 2.25. The molecule has 0 saturated heterocycles. The van der Waals surface area contributed by atoms with Gasteiger partial charge in [0.25, 0.3) is 0 Å². The molecule has 6 nitrogen and oxygen atoms in total. The second-order valence-corrected chi connectivity index (χ2v) is 6.21. The first kappa shape index (κ1) is 16.3. The van der Waals surface area contributed by atoms with Crippen LogP contribution in [0.4, 0.5) is 0 Å². The molecular weight excluding hydrogens is 370 g/mol. The number of amides is 1. The van der Waals surface area contributed by atoms with Crippen molar-refractivity contribution in [3.05, 3.63) is 64.6 Å². The second kappa shape index (κ2) is 7.35. The summed E-state index contributed by atoms with van der Waals surface area (Å²) in [4.78, 5) is 15.3. The Morgan fingerprint density at radius 2 is 1.83 bits per heavy atom. The van der Waals surface area contributed by atoms with Crippen LogP contribution in [0.25, 0.3) is 11.4 Å². The molecule has 3 aromatic rings. The van der Waals surface area contributed by atoms with E-state index in [1.165, 1.54) is 4.80 Å². The number of nitrogens with zero attached hydrogens (tertiary/aromatic N) is 5. The number of halogens is 1. The molecule has 0 N–H and O–H groups in total. The van der Waals surface area contributed by atoms with Crippen molar-refractivity contribution in [3.63, 3.8) is 0 Å². The quantitative estimate of drug-likeness (QED) is 0.677. The minimum atomic E-state index is -0.0741. The van der Waals surface area contributed by atoms with Gasteiger partial charge in [0, 0.05) is 23.6 Å². The minimum absolute atomic E-state index is 0.0563. The second-order valence-electron chi connectivity index (χ2n) is 5.36. The van der Waals surface area contributed by atoms with Gasteiger partial charge in [0.1, 0.15) is 6.54 Å². The predicted octanol–water partition coefficient (Wildman–Crippen LogP) is 2.76. The first-order valence-electron chi connectivity index (χ1n) is 7.44. The van der Waals surface area contributed by atoms with Gasteiger partial charge in [-0.2, -0.15) is 4.80 Å². The summed E-state index contributed by atoms with van der Waals surface area (Å²) >= 11 is 3.46. The van der Waals surface area contributed by atoms with E-state index in [2.05, 4.69) is 31.3 Å². The molecule has 24 heavy (non-hydrogen) atoms. The summed E-state index contributed by atoms with van der Waals surface area (Å²) in [6, 6.07) is 17.5. The van der Waals surface area contributed by atoms with E-state index in [0.29, 0.717) is 12.4 Å². The zero-order chi connectivity index (χ0) is 16.9. The number of hydrogen-bond donors (Lipinski definition) is 0. The molecule has 0 saturated carbocycles. The molecule has 0 unspecified atom stereocenters. The zero-order valence-electron chi connectivity index (χ0n) is 13.1. The van der Waals surface area contributed by atoms with Crippen molar-refractivity contribution >= 4 is 21.8 Å². The van der Waals surface area contributed by atoms with E-state index in [1.54, 1.807) is 11.9 Å². The molecule has 0 spiro atoms. The van der Waals surface area contributed by atoms with Crippen molar-refractivity contribution in [1.29, 1.82) is 0 Å². The van der Waals surface area contributed by atoms with Crippen LogP contribution in [-0.2, 0) is 17.9 Å². The van der Waals surface area contributed by atoms with E-state index >= 15 is 0 Å². The Hall–Kier alpha value is -2.54. The molecule has 0 atom stereocenters.